The van der Waals surface area contributed by atoms with E-state index in [9.17, 15) is 13.6 Å². The molecular formula is C14H15ClF2N2O2. The third kappa shape index (κ3) is 2.60. The minimum atomic E-state index is -2.67. The van der Waals surface area contributed by atoms with Gasteiger partial charge in [-0.25, -0.2) is 18.6 Å². The summed E-state index contributed by atoms with van der Waals surface area (Å²) >= 11 is 0. The average Bonchev–Trinajstić information content (AvgIpc) is 2.83. The van der Waals surface area contributed by atoms with Gasteiger partial charge in [0.2, 0.25) is 0 Å². The fourth-order valence-corrected chi connectivity index (χ4v) is 2.71. The molecule has 0 amide bonds. The van der Waals surface area contributed by atoms with Crippen LogP contribution in [0.3, 0.4) is 0 Å². The lowest BCUT2D eigenvalue weighted by atomic mass is 9.89. The maximum atomic E-state index is 13.5. The zero-order valence-corrected chi connectivity index (χ0v) is 12.4. The van der Waals surface area contributed by atoms with Gasteiger partial charge in [0, 0.05) is 23.9 Å². The first-order valence-electron chi connectivity index (χ1n) is 6.38. The molecule has 1 N–H and O–H groups in total. The van der Waals surface area contributed by atoms with E-state index in [0.29, 0.717) is 22.3 Å². The minimum Gasteiger partial charge on any atom is -0.464 e. The fourth-order valence-electron chi connectivity index (χ4n) is 2.71. The third-order valence-corrected chi connectivity index (χ3v) is 3.82. The number of nitrogens with zero attached hydrogens (tertiary/aromatic N) is 1. The molecule has 0 saturated heterocycles. The van der Waals surface area contributed by atoms with Crippen molar-refractivity contribution >= 4 is 29.4 Å². The number of aryl methyl sites for hydroxylation is 2. The van der Waals surface area contributed by atoms with Crippen molar-refractivity contribution in [2.24, 2.45) is 0 Å². The second-order valence-electron chi connectivity index (χ2n) is 5.13. The van der Waals surface area contributed by atoms with Crippen LogP contribution in [0.2, 0.25) is 0 Å². The van der Waals surface area contributed by atoms with E-state index in [0.717, 1.165) is 5.56 Å². The van der Waals surface area contributed by atoms with Crippen LogP contribution in [0.15, 0.2) is 6.07 Å². The number of alkyl halides is 2. The smallest absolute Gasteiger partial charge is 0.354 e. The highest BCUT2D eigenvalue weighted by molar-refractivity contribution is 5.95. The average molecular weight is 317 g/mol. The third-order valence-electron chi connectivity index (χ3n) is 3.82. The SMILES string of the molecule is COC(=O)c1cc2c(C)c3c(nc2[nH]1)CCC(F)(F)C3.Cl. The molecule has 7 heteroatoms. The predicted molar refractivity (Wildman–Crippen MR) is 76.4 cm³/mol. The molecule has 0 aromatic carbocycles. The Morgan fingerprint density at radius 1 is 1.48 bits per heavy atom. The standard InChI is InChI=1S/C14H14F2N2O2.ClH/c1-7-8-5-11(13(19)20-2)18-12(8)17-10-3-4-14(15,16)6-9(7)10;/h5H,3-4,6H2,1-2H3,(H,17,18);1H. The van der Waals surface area contributed by atoms with Crippen molar-refractivity contribution in [2.75, 3.05) is 7.11 Å². The Morgan fingerprint density at radius 2 is 2.19 bits per heavy atom. The van der Waals surface area contributed by atoms with Gasteiger partial charge in [-0.3, -0.25) is 0 Å². The number of hydrogen-bond donors (Lipinski definition) is 1. The molecule has 21 heavy (non-hydrogen) atoms. The number of H-pyrrole nitrogens is 1. The van der Waals surface area contributed by atoms with Gasteiger partial charge < -0.3 is 9.72 Å². The second-order valence-corrected chi connectivity index (χ2v) is 5.13. The van der Waals surface area contributed by atoms with Crippen LogP contribution in [-0.4, -0.2) is 29.0 Å². The number of pyridine rings is 1. The molecule has 2 aromatic heterocycles. The first-order chi connectivity index (χ1) is 9.41. The Morgan fingerprint density at radius 3 is 2.86 bits per heavy atom. The quantitative estimate of drug-likeness (QED) is 0.822. The molecular weight excluding hydrogens is 302 g/mol. The van der Waals surface area contributed by atoms with Crippen molar-refractivity contribution in [3.8, 4) is 0 Å². The Balaban J connectivity index is 0.00000161. The van der Waals surface area contributed by atoms with E-state index in [-0.39, 0.29) is 37.4 Å². The van der Waals surface area contributed by atoms with Crippen molar-refractivity contribution in [1.82, 2.24) is 9.97 Å². The summed E-state index contributed by atoms with van der Waals surface area (Å²) in [6.45, 7) is 1.79. The van der Waals surface area contributed by atoms with Gasteiger partial charge in [0.1, 0.15) is 11.3 Å². The van der Waals surface area contributed by atoms with Gasteiger partial charge in [-0.15, -0.1) is 12.4 Å². The summed E-state index contributed by atoms with van der Waals surface area (Å²) in [5.41, 5.74) is 2.89. The van der Waals surface area contributed by atoms with Crippen LogP contribution in [0.4, 0.5) is 8.78 Å². The molecule has 3 rings (SSSR count). The van der Waals surface area contributed by atoms with Gasteiger partial charge in [0.05, 0.1) is 7.11 Å². The lowest BCUT2D eigenvalue weighted by Gasteiger charge is -2.25. The van der Waals surface area contributed by atoms with Crippen LogP contribution in [0.25, 0.3) is 11.0 Å². The molecule has 1 aliphatic carbocycles. The zero-order valence-electron chi connectivity index (χ0n) is 11.6. The molecule has 0 atom stereocenters. The molecule has 0 fully saturated rings. The number of aromatic amines is 1. The Bertz CT molecular complexity index is 713. The van der Waals surface area contributed by atoms with E-state index in [2.05, 4.69) is 14.7 Å². The zero-order chi connectivity index (χ0) is 14.5. The van der Waals surface area contributed by atoms with Crippen LogP contribution in [0.5, 0.6) is 0 Å². The number of esters is 1. The highest BCUT2D eigenvalue weighted by Gasteiger charge is 2.36. The van der Waals surface area contributed by atoms with Gasteiger partial charge in [0.25, 0.3) is 5.92 Å². The number of rotatable bonds is 1. The summed E-state index contributed by atoms with van der Waals surface area (Å²) < 4.78 is 31.7. The van der Waals surface area contributed by atoms with Crippen molar-refractivity contribution in [3.05, 3.63) is 28.6 Å². The second kappa shape index (κ2) is 5.26. The number of fused-ring (bicyclic) bond motifs is 2. The molecule has 0 saturated carbocycles. The number of halogens is 3. The van der Waals surface area contributed by atoms with Gasteiger partial charge in [-0.05, 0) is 30.5 Å². The number of nitrogens with one attached hydrogen (secondary N) is 1. The van der Waals surface area contributed by atoms with Crippen molar-refractivity contribution in [1.29, 1.82) is 0 Å². The Kier molecular flexibility index (Phi) is 3.93. The van der Waals surface area contributed by atoms with Crippen LogP contribution in [0.1, 0.15) is 33.7 Å². The molecule has 0 aliphatic heterocycles. The van der Waals surface area contributed by atoms with Crippen molar-refractivity contribution in [2.45, 2.75) is 32.1 Å². The maximum absolute atomic E-state index is 13.5. The van der Waals surface area contributed by atoms with E-state index < -0.39 is 11.9 Å². The highest BCUT2D eigenvalue weighted by Crippen LogP contribution is 2.36. The fraction of sp³-hybridized carbons (Fsp3) is 0.429. The van der Waals surface area contributed by atoms with E-state index in [4.69, 9.17) is 0 Å². The number of ether oxygens (including phenoxy) is 1. The summed E-state index contributed by atoms with van der Waals surface area (Å²) in [5, 5.41) is 0.696. The minimum absolute atomic E-state index is 0. The molecule has 0 radical (unpaired) electrons. The molecule has 2 heterocycles. The van der Waals surface area contributed by atoms with Crippen LogP contribution in [0, 0.1) is 6.92 Å². The molecule has 1 aliphatic rings. The van der Waals surface area contributed by atoms with E-state index in [1.807, 2.05) is 0 Å². The lowest BCUT2D eigenvalue weighted by Crippen LogP contribution is -2.27. The van der Waals surface area contributed by atoms with Gasteiger partial charge in [-0.1, -0.05) is 0 Å². The molecule has 2 aromatic rings. The van der Waals surface area contributed by atoms with Gasteiger partial charge in [-0.2, -0.15) is 0 Å². The Hall–Kier alpha value is -1.69. The molecule has 114 valence electrons. The largest absolute Gasteiger partial charge is 0.464 e. The summed E-state index contributed by atoms with van der Waals surface area (Å²) in [5.74, 6) is -3.17. The van der Waals surface area contributed by atoms with Crippen LogP contribution in [-0.2, 0) is 17.6 Å². The summed E-state index contributed by atoms with van der Waals surface area (Å²) in [6.07, 6.45) is -0.204. The van der Waals surface area contributed by atoms with Gasteiger partial charge in [0.15, 0.2) is 0 Å². The van der Waals surface area contributed by atoms with Gasteiger partial charge >= 0.3 is 5.97 Å². The summed E-state index contributed by atoms with van der Waals surface area (Å²) in [4.78, 5) is 18.8. The van der Waals surface area contributed by atoms with E-state index >= 15 is 0 Å². The highest BCUT2D eigenvalue weighted by atomic mass is 35.5. The van der Waals surface area contributed by atoms with E-state index in [1.54, 1.807) is 13.0 Å². The number of hydrogen-bond acceptors (Lipinski definition) is 3. The molecule has 4 nitrogen and oxygen atoms in total. The molecule has 0 bridgehead atoms. The topological polar surface area (TPSA) is 55.0 Å². The number of methoxy groups -OCH3 is 1. The maximum Gasteiger partial charge on any atom is 0.354 e. The number of aromatic nitrogens is 2. The van der Waals surface area contributed by atoms with E-state index in [1.165, 1.54) is 7.11 Å². The van der Waals surface area contributed by atoms with Crippen molar-refractivity contribution in [3.63, 3.8) is 0 Å². The first-order valence-corrected chi connectivity index (χ1v) is 6.38. The first kappa shape index (κ1) is 15.7. The monoisotopic (exact) mass is 316 g/mol. The number of carbonyl (C=O) groups excluding carboxylic acids is 1. The summed E-state index contributed by atoms with van der Waals surface area (Å²) in [7, 11) is 1.29. The van der Waals surface area contributed by atoms with Crippen LogP contribution < -0.4 is 0 Å². The summed E-state index contributed by atoms with van der Waals surface area (Å²) in [6, 6.07) is 1.61. The predicted octanol–water partition coefficient (Wildman–Crippen LogP) is 3.20. The van der Waals surface area contributed by atoms with Crippen LogP contribution >= 0.6 is 12.4 Å². The van der Waals surface area contributed by atoms with Crippen molar-refractivity contribution < 1.29 is 18.3 Å². The molecule has 0 spiro atoms. The molecule has 0 unspecified atom stereocenters. The normalized spacial score (nSPS) is 16.2. The lowest BCUT2D eigenvalue weighted by molar-refractivity contribution is -0.0129. The Labute approximate surface area is 126 Å². The number of carbonyl (C=O) groups is 1.